The van der Waals surface area contributed by atoms with E-state index < -0.39 is 0 Å². The zero-order valence-corrected chi connectivity index (χ0v) is 8.57. The second-order valence-electron chi connectivity index (χ2n) is 4.08. The van der Waals surface area contributed by atoms with E-state index in [0.29, 0.717) is 6.04 Å². The third-order valence-corrected chi connectivity index (χ3v) is 3.00. The summed E-state index contributed by atoms with van der Waals surface area (Å²) in [4.78, 5) is 15.9. The summed E-state index contributed by atoms with van der Waals surface area (Å²) in [5.74, 6) is 0. The van der Waals surface area contributed by atoms with Gasteiger partial charge in [-0.1, -0.05) is 19.3 Å². The second-order valence-corrected chi connectivity index (χ2v) is 4.08. The van der Waals surface area contributed by atoms with Crippen LogP contribution in [0.15, 0.2) is 17.3 Å². The minimum Gasteiger partial charge on any atom is -0.296 e. The zero-order valence-electron chi connectivity index (χ0n) is 8.57. The molecule has 0 radical (unpaired) electrons. The highest BCUT2D eigenvalue weighted by Gasteiger charge is 2.16. The minimum absolute atomic E-state index is 0.131. The van der Waals surface area contributed by atoms with Crippen LogP contribution in [0.1, 0.15) is 43.7 Å². The maximum atomic E-state index is 11.8. The molecule has 0 amide bonds. The molecule has 0 aliphatic heterocycles. The Labute approximate surface area is 83.8 Å². The summed E-state index contributed by atoms with van der Waals surface area (Å²) in [5.41, 5.74) is 0.880. The monoisotopic (exact) mass is 192 g/mol. The molecule has 1 heterocycles. The van der Waals surface area contributed by atoms with Gasteiger partial charge in [-0.3, -0.25) is 9.36 Å². The maximum Gasteiger partial charge on any atom is 0.256 e. The van der Waals surface area contributed by atoms with Gasteiger partial charge in [-0.25, -0.2) is 4.98 Å². The normalized spacial score (nSPS) is 18.4. The van der Waals surface area contributed by atoms with Gasteiger partial charge in [0.25, 0.3) is 5.56 Å². The molecule has 2 rings (SSSR count). The Bertz CT molecular complexity index is 364. The summed E-state index contributed by atoms with van der Waals surface area (Å²) in [6.07, 6.45) is 9.38. The Balaban J connectivity index is 2.31. The Morgan fingerprint density at radius 2 is 2.07 bits per heavy atom. The van der Waals surface area contributed by atoms with Gasteiger partial charge in [0, 0.05) is 17.8 Å². The van der Waals surface area contributed by atoms with E-state index in [1.807, 2.05) is 11.5 Å². The number of aryl methyl sites for hydroxylation is 1. The van der Waals surface area contributed by atoms with E-state index in [9.17, 15) is 4.79 Å². The Morgan fingerprint density at radius 1 is 1.36 bits per heavy atom. The Morgan fingerprint density at radius 3 is 2.79 bits per heavy atom. The van der Waals surface area contributed by atoms with E-state index in [-0.39, 0.29) is 5.56 Å². The van der Waals surface area contributed by atoms with Crippen LogP contribution in [-0.4, -0.2) is 9.55 Å². The molecular weight excluding hydrogens is 176 g/mol. The van der Waals surface area contributed by atoms with Crippen LogP contribution in [-0.2, 0) is 0 Å². The fourth-order valence-corrected chi connectivity index (χ4v) is 2.15. The summed E-state index contributed by atoms with van der Waals surface area (Å²) in [6.45, 7) is 1.83. The van der Waals surface area contributed by atoms with Gasteiger partial charge in [0.2, 0.25) is 0 Å². The molecule has 14 heavy (non-hydrogen) atoms. The predicted octanol–water partition coefficient (Wildman–Crippen LogP) is 2.06. The van der Waals surface area contributed by atoms with Gasteiger partial charge in [0.15, 0.2) is 0 Å². The molecule has 0 spiro atoms. The molecule has 0 atom stereocenters. The Kier molecular flexibility index (Phi) is 2.66. The average Bonchev–Trinajstić information content (AvgIpc) is 2.23. The Hall–Kier alpha value is -1.12. The molecule has 0 unspecified atom stereocenters. The van der Waals surface area contributed by atoms with Gasteiger partial charge in [0.1, 0.15) is 0 Å². The van der Waals surface area contributed by atoms with Crippen molar-refractivity contribution in [1.29, 1.82) is 0 Å². The topological polar surface area (TPSA) is 34.9 Å². The van der Waals surface area contributed by atoms with E-state index in [1.165, 1.54) is 19.3 Å². The summed E-state index contributed by atoms with van der Waals surface area (Å²) in [6, 6.07) is 0.392. The first-order chi connectivity index (χ1) is 6.79. The number of hydrogen-bond donors (Lipinski definition) is 0. The van der Waals surface area contributed by atoms with Crippen molar-refractivity contribution < 1.29 is 0 Å². The van der Waals surface area contributed by atoms with E-state index in [4.69, 9.17) is 0 Å². The van der Waals surface area contributed by atoms with Crippen molar-refractivity contribution in [2.45, 2.75) is 45.1 Å². The van der Waals surface area contributed by atoms with Crippen LogP contribution in [0.2, 0.25) is 0 Å². The smallest absolute Gasteiger partial charge is 0.256 e. The zero-order chi connectivity index (χ0) is 9.97. The van der Waals surface area contributed by atoms with Gasteiger partial charge in [-0.05, 0) is 19.8 Å². The fraction of sp³-hybridized carbons (Fsp3) is 0.636. The van der Waals surface area contributed by atoms with Crippen LogP contribution in [0.25, 0.3) is 0 Å². The molecule has 3 heteroatoms. The van der Waals surface area contributed by atoms with Crippen LogP contribution < -0.4 is 5.56 Å². The summed E-state index contributed by atoms with van der Waals surface area (Å²) < 4.78 is 1.81. The van der Waals surface area contributed by atoms with Crippen molar-refractivity contribution >= 4 is 0 Å². The molecule has 76 valence electrons. The second kappa shape index (κ2) is 3.95. The van der Waals surface area contributed by atoms with Crippen molar-refractivity contribution in [3.8, 4) is 0 Å². The number of aromatic nitrogens is 2. The lowest BCUT2D eigenvalue weighted by Crippen LogP contribution is -2.27. The molecule has 1 fully saturated rings. The van der Waals surface area contributed by atoms with Crippen molar-refractivity contribution in [3.05, 3.63) is 28.4 Å². The first kappa shape index (κ1) is 9.44. The molecule has 1 aliphatic carbocycles. The molecule has 1 aromatic heterocycles. The van der Waals surface area contributed by atoms with Gasteiger partial charge in [-0.15, -0.1) is 0 Å². The van der Waals surface area contributed by atoms with E-state index in [1.54, 1.807) is 12.5 Å². The fourth-order valence-electron chi connectivity index (χ4n) is 2.15. The maximum absolute atomic E-state index is 11.8. The first-order valence-corrected chi connectivity index (χ1v) is 5.32. The summed E-state index contributed by atoms with van der Waals surface area (Å²) in [7, 11) is 0. The molecule has 1 saturated carbocycles. The molecule has 1 aromatic rings. The van der Waals surface area contributed by atoms with Crippen molar-refractivity contribution in [2.75, 3.05) is 0 Å². The quantitative estimate of drug-likeness (QED) is 0.682. The van der Waals surface area contributed by atoms with Crippen molar-refractivity contribution in [3.63, 3.8) is 0 Å². The lowest BCUT2D eigenvalue weighted by molar-refractivity contribution is 0.342. The molecular formula is C11H16N2O. The molecule has 0 N–H and O–H groups in total. The van der Waals surface area contributed by atoms with Gasteiger partial charge < -0.3 is 0 Å². The highest BCUT2D eigenvalue weighted by atomic mass is 16.1. The molecule has 0 bridgehead atoms. The molecule has 0 saturated heterocycles. The van der Waals surface area contributed by atoms with Gasteiger partial charge in [0.05, 0.1) is 6.33 Å². The standard InChI is InChI=1S/C11H16N2O/c1-9-7-12-8-13(11(9)14)10-5-3-2-4-6-10/h7-8,10H,2-6H2,1H3. The molecule has 1 aliphatic rings. The lowest BCUT2D eigenvalue weighted by Gasteiger charge is -2.23. The van der Waals surface area contributed by atoms with E-state index in [2.05, 4.69) is 4.98 Å². The third kappa shape index (κ3) is 1.72. The van der Waals surface area contributed by atoms with Crippen LogP contribution in [0.4, 0.5) is 0 Å². The highest BCUT2D eigenvalue weighted by Crippen LogP contribution is 2.26. The van der Waals surface area contributed by atoms with Crippen LogP contribution in [0.5, 0.6) is 0 Å². The van der Waals surface area contributed by atoms with Crippen LogP contribution >= 0.6 is 0 Å². The summed E-state index contributed by atoms with van der Waals surface area (Å²) >= 11 is 0. The van der Waals surface area contributed by atoms with Crippen molar-refractivity contribution in [1.82, 2.24) is 9.55 Å². The highest BCUT2D eigenvalue weighted by molar-refractivity contribution is 5.01. The summed E-state index contributed by atoms with van der Waals surface area (Å²) in [5, 5.41) is 0. The first-order valence-electron chi connectivity index (χ1n) is 5.32. The molecule has 3 nitrogen and oxygen atoms in total. The third-order valence-electron chi connectivity index (χ3n) is 3.00. The minimum atomic E-state index is 0.131. The van der Waals surface area contributed by atoms with Gasteiger partial charge in [-0.2, -0.15) is 0 Å². The lowest BCUT2D eigenvalue weighted by atomic mass is 9.95. The number of rotatable bonds is 1. The van der Waals surface area contributed by atoms with Crippen LogP contribution in [0, 0.1) is 6.92 Å². The largest absolute Gasteiger partial charge is 0.296 e. The average molecular weight is 192 g/mol. The number of nitrogens with zero attached hydrogens (tertiary/aromatic N) is 2. The van der Waals surface area contributed by atoms with Crippen molar-refractivity contribution in [2.24, 2.45) is 0 Å². The van der Waals surface area contributed by atoms with E-state index in [0.717, 1.165) is 18.4 Å². The van der Waals surface area contributed by atoms with Gasteiger partial charge >= 0.3 is 0 Å². The molecule has 0 aromatic carbocycles. The van der Waals surface area contributed by atoms with Crippen LogP contribution in [0.3, 0.4) is 0 Å². The predicted molar refractivity (Wildman–Crippen MR) is 55.4 cm³/mol. The van der Waals surface area contributed by atoms with E-state index >= 15 is 0 Å². The SMILES string of the molecule is Cc1cncn(C2CCCCC2)c1=O. The number of hydrogen-bond acceptors (Lipinski definition) is 2.